The molecule has 1 fully saturated rings. The van der Waals surface area contributed by atoms with Gasteiger partial charge in [-0.2, -0.15) is 0 Å². The van der Waals surface area contributed by atoms with Gasteiger partial charge in [0.05, 0.1) is 17.8 Å². The smallest absolute Gasteiger partial charge is 0.257 e. The molecular formula is C15H22BrN3O2. The third kappa shape index (κ3) is 4.17. The predicted molar refractivity (Wildman–Crippen MR) is 86.6 cm³/mol. The number of nitrogens with zero attached hydrogens (tertiary/aromatic N) is 2. The van der Waals surface area contributed by atoms with E-state index in [1.807, 2.05) is 24.8 Å². The van der Waals surface area contributed by atoms with Crippen LogP contribution in [0.3, 0.4) is 0 Å². The number of morpholine rings is 1. The Kier molecular flexibility index (Phi) is 5.58. The van der Waals surface area contributed by atoms with Gasteiger partial charge in [-0.15, -0.1) is 0 Å². The summed E-state index contributed by atoms with van der Waals surface area (Å²) in [6, 6.07) is 1.83. The number of nitrogens with one attached hydrogen (secondary N) is 1. The Bertz CT molecular complexity index is 500. The second kappa shape index (κ2) is 7.22. The van der Waals surface area contributed by atoms with E-state index < -0.39 is 0 Å². The molecule has 0 bridgehead atoms. The Hall–Kier alpha value is -1.14. The molecule has 1 saturated heterocycles. The van der Waals surface area contributed by atoms with Gasteiger partial charge in [-0.05, 0) is 42.3 Å². The first-order chi connectivity index (χ1) is 10.0. The number of ether oxygens (including phenoxy) is 1. The molecule has 1 amide bonds. The van der Waals surface area contributed by atoms with Crippen LogP contribution < -0.4 is 5.32 Å². The van der Waals surface area contributed by atoms with Crippen LogP contribution in [0.15, 0.2) is 16.7 Å². The van der Waals surface area contributed by atoms with Gasteiger partial charge in [0.2, 0.25) is 0 Å². The van der Waals surface area contributed by atoms with Crippen LogP contribution in [0.1, 0.15) is 37.6 Å². The fraction of sp³-hybridized carbons (Fsp3) is 0.600. The second-order valence-electron chi connectivity index (χ2n) is 5.44. The highest BCUT2D eigenvalue weighted by atomic mass is 79.9. The van der Waals surface area contributed by atoms with Crippen molar-refractivity contribution in [3.8, 4) is 0 Å². The maximum absolute atomic E-state index is 12.8. The van der Waals surface area contributed by atoms with Crippen molar-refractivity contribution in [2.24, 2.45) is 0 Å². The van der Waals surface area contributed by atoms with Crippen LogP contribution in [0.4, 0.5) is 5.82 Å². The fourth-order valence-corrected chi connectivity index (χ4v) is 2.83. The van der Waals surface area contributed by atoms with E-state index in [0.717, 1.165) is 17.4 Å². The van der Waals surface area contributed by atoms with E-state index in [4.69, 9.17) is 4.74 Å². The van der Waals surface area contributed by atoms with E-state index in [-0.39, 0.29) is 18.1 Å². The molecule has 2 heterocycles. The van der Waals surface area contributed by atoms with Crippen molar-refractivity contribution < 1.29 is 9.53 Å². The minimum atomic E-state index is 0.00408. The van der Waals surface area contributed by atoms with Crippen molar-refractivity contribution in [3.63, 3.8) is 0 Å². The average Bonchev–Trinajstić information content (AvgIpc) is 2.44. The lowest BCUT2D eigenvalue weighted by Crippen LogP contribution is -2.48. The Morgan fingerprint density at radius 1 is 1.48 bits per heavy atom. The highest BCUT2D eigenvalue weighted by Crippen LogP contribution is 2.22. The molecule has 0 aliphatic carbocycles. The summed E-state index contributed by atoms with van der Waals surface area (Å²) in [6.45, 7) is 8.09. The van der Waals surface area contributed by atoms with Gasteiger partial charge in [-0.3, -0.25) is 4.79 Å². The number of halogens is 1. The number of rotatable bonds is 4. The quantitative estimate of drug-likeness (QED) is 0.901. The van der Waals surface area contributed by atoms with Gasteiger partial charge in [0.25, 0.3) is 5.91 Å². The highest BCUT2D eigenvalue weighted by Gasteiger charge is 2.28. The third-order valence-electron chi connectivity index (χ3n) is 3.33. The number of hydrogen-bond donors (Lipinski definition) is 1. The van der Waals surface area contributed by atoms with Crippen molar-refractivity contribution in [1.82, 2.24) is 9.88 Å². The van der Waals surface area contributed by atoms with Crippen LogP contribution in [0, 0.1) is 0 Å². The van der Waals surface area contributed by atoms with E-state index in [0.29, 0.717) is 24.5 Å². The number of pyridine rings is 1. The first-order valence-electron chi connectivity index (χ1n) is 7.35. The summed E-state index contributed by atoms with van der Waals surface area (Å²) in [7, 11) is 0. The molecule has 0 aromatic carbocycles. The Morgan fingerprint density at radius 3 is 2.76 bits per heavy atom. The normalized spacial score (nSPS) is 22.2. The van der Waals surface area contributed by atoms with Gasteiger partial charge in [-0.1, -0.05) is 6.92 Å². The van der Waals surface area contributed by atoms with Gasteiger partial charge >= 0.3 is 0 Å². The number of carbonyl (C=O) groups excluding carboxylic acids is 1. The minimum Gasteiger partial charge on any atom is -0.372 e. The molecule has 0 radical (unpaired) electrons. The molecule has 1 aromatic heterocycles. The summed E-state index contributed by atoms with van der Waals surface area (Å²) in [6.07, 6.45) is 2.81. The van der Waals surface area contributed by atoms with E-state index in [1.54, 1.807) is 6.20 Å². The maximum atomic E-state index is 12.8. The zero-order valence-corrected chi connectivity index (χ0v) is 14.3. The third-order valence-corrected chi connectivity index (χ3v) is 3.77. The lowest BCUT2D eigenvalue weighted by atomic mass is 10.1. The number of amides is 1. The summed E-state index contributed by atoms with van der Waals surface area (Å²) >= 11 is 3.39. The molecule has 1 N–H and O–H groups in total. The van der Waals surface area contributed by atoms with Gasteiger partial charge in [0, 0.05) is 30.3 Å². The highest BCUT2D eigenvalue weighted by molar-refractivity contribution is 9.10. The number of aromatic nitrogens is 1. The standard InChI is InChI=1S/C15H22BrN3O2/c1-4-5-17-14-13(6-12(16)7-18-14)15(20)19-8-10(2)21-11(3)9-19/h6-7,10-11H,4-5,8-9H2,1-3H3,(H,17,18)/t10-,11+. The number of hydrogen-bond acceptors (Lipinski definition) is 4. The van der Waals surface area contributed by atoms with E-state index >= 15 is 0 Å². The Morgan fingerprint density at radius 2 is 2.14 bits per heavy atom. The van der Waals surface area contributed by atoms with Crippen molar-refractivity contribution >= 4 is 27.7 Å². The maximum Gasteiger partial charge on any atom is 0.257 e. The molecule has 1 aromatic rings. The summed E-state index contributed by atoms with van der Waals surface area (Å²) < 4.78 is 6.49. The zero-order valence-electron chi connectivity index (χ0n) is 12.7. The van der Waals surface area contributed by atoms with Crippen molar-refractivity contribution in [3.05, 3.63) is 22.3 Å². The van der Waals surface area contributed by atoms with Gasteiger partial charge < -0.3 is 15.0 Å². The second-order valence-corrected chi connectivity index (χ2v) is 6.36. The predicted octanol–water partition coefficient (Wildman–Crippen LogP) is 2.92. The van der Waals surface area contributed by atoms with Gasteiger partial charge in [0.1, 0.15) is 5.82 Å². The van der Waals surface area contributed by atoms with Crippen LogP contribution in [0.5, 0.6) is 0 Å². The molecule has 116 valence electrons. The molecule has 2 rings (SSSR count). The zero-order chi connectivity index (χ0) is 15.4. The van der Waals surface area contributed by atoms with E-state index in [9.17, 15) is 4.79 Å². The van der Waals surface area contributed by atoms with Crippen LogP contribution in [-0.2, 0) is 4.74 Å². The van der Waals surface area contributed by atoms with Crippen molar-refractivity contribution in [2.75, 3.05) is 25.0 Å². The average molecular weight is 356 g/mol. The first kappa shape index (κ1) is 16.2. The van der Waals surface area contributed by atoms with Crippen LogP contribution in [0.2, 0.25) is 0 Å². The van der Waals surface area contributed by atoms with E-state index in [2.05, 4.69) is 33.2 Å². The van der Waals surface area contributed by atoms with Crippen LogP contribution >= 0.6 is 15.9 Å². The minimum absolute atomic E-state index is 0.00408. The van der Waals surface area contributed by atoms with E-state index in [1.165, 1.54) is 0 Å². The summed E-state index contributed by atoms with van der Waals surface area (Å²) in [5.74, 6) is 0.654. The fourth-order valence-electron chi connectivity index (χ4n) is 2.50. The SMILES string of the molecule is CCCNc1ncc(Br)cc1C(=O)N1C[C@@H](C)O[C@@H](C)C1. The molecule has 6 heteroatoms. The van der Waals surface area contributed by atoms with Crippen molar-refractivity contribution in [1.29, 1.82) is 0 Å². The van der Waals surface area contributed by atoms with Gasteiger partial charge in [-0.25, -0.2) is 4.98 Å². The summed E-state index contributed by atoms with van der Waals surface area (Å²) in [4.78, 5) is 19.0. The topological polar surface area (TPSA) is 54.5 Å². The molecule has 21 heavy (non-hydrogen) atoms. The molecule has 1 aliphatic heterocycles. The number of anilines is 1. The lowest BCUT2D eigenvalue weighted by molar-refractivity contribution is -0.0586. The first-order valence-corrected chi connectivity index (χ1v) is 8.14. The van der Waals surface area contributed by atoms with Crippen molar-refractivity contribution in [2.45, 2.75) is 39.4 Å². The van der Waals surface area contributed by atoms with Crippen LogP contribution in [-0.4, -0.2) is 47.6 Å². The van der Waals surface area contributed by atoms with Gasteiger partial charge in [0.15, 0.2) is 0 Å². The monoisotopic (exact) mass is 355 g/mol. The largest absolute Gasteiger partial charge is 0.372 e. The lowest BCUT2D eigenvalue weighted by Gasteiger charge is -2.35. The molecule has 0 saturated carbocycles. The Labute approximate surface area is 134 Å². The summed E-state index contributed by atoms with van der Waals surface area (Å²) in [5, 5.41) is 3.22. The molecule has 5 nitrogen and oxygen atoms in total. The summed E-state index contributed by atoms with van der Waals surface area (Å²) in [5.41, 5.74) is 0.610. The number of carbonyl (C=O) groups is 1. The molecule has 0 unspecified atom stereocenters. The molecule has 0 spiro atoms. The molecule has 2 atom stereocenters. The Balaban J connectivity index is 2.22. The molecule has 1 aliphatic rings. The van der Waals surface area contributed by atoms with Crippen LogP contribution in [0.25, 0.3) is 0 Å². The molecular weight excluding hydrogens is 334 g/mol.